The first-order valence-electron chi connectivity index (χ1n) is 8.81. The van der Waals surface area contributed by atoms with Gasteiger partial charge in [-0.05, 0) is 42.7 Å². The van der Waals surface area contributed by atoms with Gasteiger partial charge in [-0.2, -0.15) is 0 Å². The molecule has 132 valence electrons. The van der Waals surface area contributed by atoms with E-state index in [4.69, 9.17) is 11.6 Å². The third-order valence-corrected chi connectivity index (χ3v) is 5.18. The highest BCUT2D eigenvalue weighted by Crippen LogP contribution is 2.48. The van der Waals surface area contributed by atoms with E-state index in [-0.39, 0.29) is 11.3 Å². The first-order chi connectivity index (χ1) is 12.7. The number of fused-ring (bicyclic) bond motifs is 1. The Kier molecular flexibility index (Phi) is 4.51. The summed E-state index contributed by atoms with van der Waals surface area (Å²) in [6, 6.07) is 17.6. The van der Waals surface area contributed by atoms with Crippen molar-refractivity contribution in [3.8, 4) is 0 Å². The van der Waals surface area contributed by atoms with E-state index >= 15 is 0 Å². The second kappa shape index (κ2) is 6.96. The van der Waals surface area contributed by atoms with Crippen LogP contribution < -0.4 is 10.6 Å². The number of benzene rings is 2. The molecule has 1 aromatic heterocycles. The Balaban J connectivity index is 1.36. The summed E-state index contributed by atoms with van der Waals surface area (Å²) in [7, 11) is 0. The molecule has 2 aromatic carbocycles. The summed E-state index contributed by atoms with van der Waals surface area (Å²) in [5.74, 6) is 0.122. The van der Waals surface area contributed by atoms with Gasteiger partial charge in [0.15, 0.2) is 0 Å². The Hall–Kier alpha value is -2.59. The van der Waals surface area contributed by atoms with Gasteiger partial charge < -0.3 is 10.6 Å². The van der Waals surface area contributed by atoms with Crippen molar-refractivity contribution in [2.75, 3.05) is 18.4 Å². The largest absolute Gasteiger partial charge is 0.383 e. The molecule has 1 amide bonds. The Morgan fingerprint density at radius 3 is 2.65 bits per heavy atom. The lowest BCUT2D eigenvalue weighted by Gasteiger charge is -2.16. The first kappa shape index (κ1) is 16.9. The van der Waals surface area contributed by atoms with Gasteiger partial charge in [0, 0.05) is 35.4 Å². The van der Waals surface area contributed by atoms with Gasteiger partial charge in [-0.3, -0.25) is 9.78 Å². The van der Waals surface area contributed by atoms with Crippen LogP contribution in [0.15, 0.2) is 60.8 Å². The number of anilines is 1. The molecule has 1 heterocycles. The number of aromatic nitrogens is 1. The number of carbonyl (C=O) groups is 1. The van der Waals surface area contributed by atoms with Crippen molar-refractivity contribution >= 4 is 34.1 Å². The lowest BCUT2D eigenvalue weighted by molar-refractivity contribution is -0.123. The lowest BCUT2D eigenvalue weighted by atomic mass is 9.95. The minimum Gasteiger partial charge on any atom is -0.383 e. The molecule has 0 aliphatic heterocycles. The number of pyridine rings is 1. The topological polar surface area (TPSA) is 54.0 Å². The Bertz CT molecular complexity index is 938. The molecule has 0 spiro atoms. The normalized spacial score (nSPS) is 14.8. The highest BCUT2D eigenvalue weighted by molar-refractivity contribution is 6.31. The van der Waals surface area contributed by atoms with E-state index < -0.39 is 0 Å². The maximum Gasteiger partial charge on any atom is 0.230 e. The fourth-order valence-corrected chi connectivity index (χ4v) is 3.51. The van der Waals surface area contributed by atoms with Crippen molar-refractivity contribution in [2.45, 2.75) is 18.3 Å². The SMILES string of the molecule is O=C(NCCNc1ccnc2cc(Cl)ccc12)C1(c2ccccc2)CC1. The standard InChI is InChI=1S/C21H20ClN3O/c22-16-6-7-17-18(8-11-23-19(17)14-16)24-12-13-25-20(26)21(9-10-21)15-4-2-1-3-5-15/h1-8,11,14H,9-10,12-13H2,(H,23,24)(H,25,26). The third-order valence-electron chi connectivity index (χ3n) is 4.94. The molecule has 0 radical (unpaired) electrons. The van der Waals surface area contributed by atoms with Gasteiger partial charge >= 0.3 is 0 Å². The molecule has 1 aliphatic rings. The molecule has 3 aromatic rings. The number of nitrogens with one attached hydrogen (secondary N) is 2. The van der Waals surface area contributed by atoms with Crippen LogP contribution in [0.3, 0.4) is 0 Å². The van der Waals surface area contributed by atoms with Gasteiger partial charge in [0.1, 0.15) is 0 Å². The minimum atomic E-state index is -0.318. The number of carbonyl (C=O) groups excluding carboxylic acids is 1. The van der Waals surface area contributed by atoms with Gasteiger partial charge in [0.25, 0.3) is 0 Å². The zero-order valence-corrected chi connectivity index (χ0v) is 15.1. The molecule has 0 bridgehead atoms. The molecular formula is C21H20ClN3O. The molecule has 4 rings (SSSR count). The number of nitrogens with zero attached hydrogens (tertiary/aromatic N) is 1. The summed E-state index contributed by atoms with van der Waals surface area (Å²) in [5, 5.41) is 8.14. The molecule has 0 atom stereocenters. The van der Waals surface area contributed by atoms with Crippen molar-refractivity contribution in [3.63, 3.8) is 0 Å². The van der Waals surface area contributed by atoms with E-state index in [0.717, 1.165) is 35.0 Å². The van der Waals surface area contributed by atoms with Crippen LogP contribution >= 0.6 is 11.6 Å². The molecule has 26 heavy (non-hydrogen) atoms. The van der Waals surface area contributed by atoms with Crippen molar-refractivity contribution < 1.29 is 4.79 Å². The minimum absolute atomic E-state index is 0.122. The number of hydrogen-bond donors (Lipinski definition) is 2. The summed E-state index contributed by atoms with van der Waals surface area (Å²) in [5.41, 5.74) is 2.64. The number of halogens is 1. The van der Waals surface area contributed by atoms with Crippen molar-refractivity contribution in [2.24, 2.45) is 0 Å². The van der Waals surface area contributed by atoms with E-state index in [1.165, 1.54) is 0 Å². The maximum absolute atomic E-state index is 12.6. The van der Waals surface area contributed by atoms with E-state index in [0.29, 0.717) is 18.1 Å². The predicted molar refractivity (Wildman–Crippen MR) is 106 cm³/mol. The average molecular weight is 366 g/mol. The smallest absolute Gasteiger partial charge is 0.230 e. The quantitative estimate of drug-likeness (QED) is 0.645. The molecular weight excluding hydrogens is 346 g/mol. The Labute approximate surface area is 157 Å². The zero-order chi connectivity index (χ0) is 18.0. The van der Waals surface area contributed by atoms with Crippen molar-refractivity contribution in [1.29, 1.82) is 0 Å². The van der Waals surface area contributed by atoms with Gasteiger partial charge in [-0.1, -0.05) is 41.9 Å². The predicted octanol–water partition coefficient (Wildman–Crippen LogP) is 4.15. The second-order valence-electron chi connectivity index (χ2n) is 6.65. The summed E-state index contributed by atoms with van der Waals surface area (Å²) >= 11 is 6.02. The van der Waals surface area contributed by atoms with Crippen LogP contribution in [0, 0.1) is 0 Å². The van der Waals surface area contributed by atoms with Crippen molar-refractivity contribution in [3.05, 3.63) is 71.4 Å². The Morgan fingerprint density at radius 1 is 1.08 bits per heavy atom. The van der Waals surface area contributed by atoms with E-state index in [1.54, 1.807) is 6.20 Å². The first-order valence-corrected chi connectivity index (χ1v) is 9.19. The van der Waals surface area contributed by atoms with Crippen LogP contribution in [-0.4, -0.2) is 24.0 Å². The van der Waals surface area contributed by atoms with Crippen LogP contribution in [0.5, 0.6) is 0 Å². The molecule has 4 nitrogen and oxygen atoms in total. The number of hydrogen-bond acceptors (Lipinski definition) is 3. The van der Waals surface area contributed by atoms with Crippen LogP contribution in [0.4, 0.5) is 5.69 Å². The van der Waals surface area contributed by atoms with E-state index in [2.05, 4.69) is 15.6 Å². The summed E-state index contributed by atoms with van der Waals surface area (Å²) < 4.78 is 0. The van der Waals surface area contributed by atoms with Crippen LogP contribution in [0.25, 0.3) is 10.9 Å². The monoisotopic (exact) mass is 365 g/mol. The average Bonchev–Trinajstić information content (AvgIpc) is 3.47. The third kappa shape index (κ3) is 3.25. The molecule has 0 unspecified atom stereocenters. The van der Waals surface area contributed by atoms with Gasteiger partial charge in [0.05, 0.1) is 10.9 Å². The van der Waals surface area contributed by atoms with E-state index in [1.807, 2.05) is 54.6 Å². The second-order valence-corrected chi connectivity index (χ2v) is 7.09. The van der Waals surface area contributed by atoms with Crippen LogP contribution in [0.2, 0.25) is 5.02 Å². The lowest BCUT2D eigenvalue weighted by Crippen LogP contribution is -2.37. The molecule has 1 aliphatic carbocycles. The van der Waals surface area contributed by atoms with Gasteiger partial charge in [-0.15, -0.1) is 0 Å². The zero-order valence-electron chi connectivity index (χ0n) is 14.3. The highest BCUT2D eigenvalue weighted by Gasteiger charge is 2.50. The molecule has 5 heteroatoms. The summed E-state index contributed by atoms with van der Waals surface area (Å²) in [6.07, 6.45) is 3.60. The molecule has 1 fully saturated rings. The van der Waals surface area contributed by atoms with E-state index in [9.17, 15) is 4.79 Å². The Morgan fingerprint density at radius 2 is 1.88 bits per heavy atom. The number of amides is 1. The van der Waals surface area contributed by atoms with Crippen LogP contribution in [-0.2, 0) is 10.2 Å². The molecule has 2 N–H and O–H groups in total. The highest BCUT2D eigenvalue weighted by atomic mass is 35.5. The number of rotatable bonds is 6. The van der Waals surface area contributed by atoms with Crippen LogP contribution in [0.1, 0.15) is 18.4 Å². The summed E-state index contributed by atoms with van der Waals surface area (Å²) in [6.45, 7) is 1.23. The summed E-state index contributed by atoms with van der Waals surface area (Å²) in [4.78, 5) is 17.0. The maximum atomic E-state index is 12.6. The van der Waals surface area contributed by atoms with Crippen molar-refractivity contribution in [1.82, 2.24) is 10.3 Å². The molecule has 1 saturated carbocycles. The molecule has 0 saturated heterocycles. The fourth-order valence-electron chi connectivity index (χ4n) is 3.35. The fraction of sp³-hybridized carbons (Fsp3) is 0.238. The van der Waals surface area contributed by atoms with Gasteiger partial charge in [0.2, 0.25) is 5.91 Å². The van der Waals surface area contributed by atoms with Gasteiger partial charge in [-0.25, -0.2) is 0 Å².